The Morgan fingerprint density at radius 3 is 2.54 bits per heavy atom. The molecule has 3 rings (SSSR count). The van der Waals surface area contributed by atoms with Crippen molar-refractivity contribution < 1.29 is 17.2 Å². The van der Waals surface area contributed by atoms with E-state index in [2.05, 4.69) is 14.9 Å². The Morgan fingerprint density at radius 1 is 1.08 bits per heavy atom. The van der Waals surface area contributed by atoms with Crippen molar-refractivity contribution in [1.29, 1.82) is 0 Å². The van der Waals surface area contributed by atoms with E-state index in [0.29, 0.717) is 28.6 Å². The maximum absolute atomic E-state index is 13.2. The third kappa shape index (κ3) is 3.28. The van der Waals surface area contributed by atoms with Gasteiger partial charge in [0.1, 0.15) is 5.82 Å². The number of nitrogens with one attached hydrogen (secondary N) is 1. The van der Waals surface area contributed by atoms with Crippen LogP contribution in [0.3, 0.4) is 0 Å². The molecule has 0 amide bonds. The molecule has 0 radical (unpaired) electrons. The summed E-state index contributed by atoms with van der Waals surface area (Å²) in [6, 6.07) is 10.1. The quantitative estimate of drug-likeness (QED) is 0.783. The fourth-order valence-corrected chi connectivity index (χ4v) is 3.53. The predicted molar refractivity (Wildman–Crippen MR) is 86.4 cm³/mol. The number of nitrogens with zero attached hydrogens (tertiary/aromatic N) is 2. The van der Waals surface area contributed by atoms with Gasteiger partial charge in [0.05, 0.1) is 4.90 Å². The van der Waals surface area contributed by atoms with E-state index in [4.69, 9.17) is 4.42 Å². The highest BCUT2D eigenvalue weighted by Gasteiger charge is 2.18. The molecule has 124 valence electrons. The summed E-state index contributed by atoms with van der Waals surface area (Å²) in [5, 5.41) is 7.64. The first-order valence-electron chi connectivity index (χ1n) is 7.05. The van der Waals surface area contributed by atoms with Crippen molar-refractivity contribution in [1.82, 2.24) is 10.2 Å². The minimum absolute atomic E-state index is 0.0166. The van der Waals surface area contributed by atoms with Crippen molar-refractivity contribution in [2.75, 3.05) is 4.72 Å². The molecule has 0 saturated carbocycles. The van der Waals surface area contributed by atoms with Gasteiger partial charge in [-0.1, -0.05) is 6.07 Å². The number of hydrogen-bond acceptors (Lipinski definition) is 5. The van der Waals surface area contributed by atoms with Crippen molar-refractivity contribution in [2.24, 2.45) is 0 Å². The van der Waals surface area contributed by atoms with Crippen molar-refractivity contribution in [3.05, 3.63) is 59.7 Å². The number of benzene rings is 2. The fraction of sp³-hybridized carbons (Fsp3) is 0.125. The normalized spacial score (nSPS) is 11.5. The number of anilines is 1. The standard InChI is InChI=1S/C16H14FN3O3S/c1-10-8-13(17)6-7-15(10)24(21,22)20-14-5-3-4-12(9-14)16-19-18-11(2)23-16/h3-9,20H,1-2H3. The van der Waals surface area contributed by atoms with Gasteiger partial charge in [-0.2, -0.15) is 0 Å². The molecule has 0 atom stereocenters. The molecule has 0 unspecified atom stereocenters. The summed E-state index contributed by atoms with van der Waals surface area (Å²) in [6.07, 6.45) is 0. The summed E-state index contributed by atoms with van der Waals surface area (Å²) in [6.45, 7) is 3.20. The molecule has 0 saturated heterocycles. The van der Waals surface area contributed by atoms with E-state index < -0.39 is 15.8 Å². The van der Waals surface area contributed by atoms with E-state index in [9.17, 15) is 12.8 Å². The van der Waals surface area contributed by atoms with Crippen LogP contribution >= 0.6 is 0 Å². The first-order chi connectivity index (χ1) is 11.3. The van der Waals surface area contributed by atoms with Crippen LogP contribution in [-0.4, -0.2) is 18.6 Å². The molecule has 1 heterocycles. The summed E-state index contributed by atoms with van der Waals surface area (Å²) >= 11 is 0. The maximum atomic E-state index is 13.2. The summed E-state index contributed by atoms with van der Waals surface area (Å²) in [7, 11) is -3.84. The Bertz CT molecular complexity index is 999. The van der Waals surface area contributed by atoms with Crippen molar-refractivity contribution in [2.45, 2.75) is 18.7 Å². The Kier molecular flexibility index (Phi) is 4.06. The molecule has 0 spiro atoms. The van der Waals surface area contributed by atoms with Crippen molar-refractivity contribution >= 4 is 15.7 Å². The van der Waals surface area contributed by atoms with Gasteiger partial charge in [0, 0.05) is 18.2 Å². The number of sulfonamides is 1. The Morgan fingerprint density at radius 2 is 1.88 bits per heavy atom. The van der Waals surface area contributed by atoms with Gasteiger partial charge in [-0.15, -0.1) is 10.2 Å². The summed E-state index contributed by atoms with van der Waals surface area (Å²) < 4.78 is 46.0. The molecule has 6 nitrogen and oxygen atoms in total. The Balaban J connectivity index is 1.93. The zero-order valence-electron chi connectivity index (χ0n) is 12.9. The highest BCUT2D eigenvalue weighted by molar-refractivity contribution is 7.92. The van der Waals surface area contributed by atoms with Gasteiger partial charge in [0.2, 0.25) is 11.8 Å². The van der Waals surface area contributed by atoms with Gasteiger partial charge >= 0.3 is 0 Å². The molecule has 8 heteroatoms. The van der Waals surface area contributed by atoms with E-state index in [1.165, 1.54) is 19.1 Å². The summed E-state index contributed by atoms with van der Waals surface area (Å²) in [4.78, 5) is 0.0166. The zero-order chi connectivity index (χ0) is 17.3. The molecule has 0 aliphatic carbocycles. The second-order valence-electron chi connectivity index (χ2n) is 5.22. The largest absolute Gasteiger partial charge is 0.421 e. The van der Waals surface area contributed by atoms with Crippen LogP contribution in [0.4, 0.5) is 10.1 Å². The van der Waals surface area contributed by atoms with Crippen LogP contribution in [0.25, 0.3) is 11.5 Å². The first-order valence-corrected chi connectivity index (χ1v) is 8.53. The first kappa shape index (κ1) is 16.1. The topological polar surface area (TPSA) is 85.1 Å². The molecule has 1 N–H and O–H groups in total. The molecule has 0 fully saturated rings. The lowest BCUT2D eigenvalue weighted by Crippen LogP contribution is -2.14. The van der Waals surface area contributed by atoms with Gasteiger partial charge in [-0.3, -0.25) is 4.72 Å². The number of rotatable bonds is 4. The molecule has 1 aromatic heterocycles. The molecule has 2 aromatic carbocycles. The number of aromatic nitrogens is 2. The lowest BCUT2D eigenvalue weighted by Gasteiger charge is -2.11. The van der Waals surface area contributed by atoms with Gasteiger partial charge in [-0.05, 0) is 48.9 Å². The van der Waals surface area contributed by atoms with Gasteiger partial charge in [0.25, 0.3) is 10.0 Å². The van der Waals surface area contributed by atoms with Crippen LogP contribution in [-0.2, 0) is 10.0 Å². The zero-order valence-corrected chi connectivity index (χ0v) is 13.8. The van der Waals surface area contributed by atoms with Gasteiger partial charge < -0.3 is 4.42 Å². The highest BCUT2D eigenvalue weighted by atomic mass is 32.2. The number of hydrogen-bond donors (Lipinski definition) is 1. The minimum atomic E-state index is -3.84. The fourth-order valence-electron chi connectivity index (χ4n) is 2.25. The third-order valence-electron chi connectivity index (χ3n) is 3.31. The van der Waals surface area contributed by atoms with E-state index >= 15 is 0 Å². The number of aryl methyl sites for hydroxylation is 2. The second kappa shape index (κ2) is 6.04. The molecule has 0 bridgehead atoms. The van der Waals surface area contributed by atoms with Crippen LogP contribution in [0.5, 0.6) is 0 Å². The van der Waals surface area contributed by atoms with Gasteiger partial charge in [0.15, 0.2) is 0 Å². The predicted octanol–water partition coefficient (Wildman–Crippen LogP) is 3.29. The van der Waals surface area contributed by atoms with Gasteiger partial charge in [-0.25, -0.2) is 12.8 Å². The Labute approximate surface area is 138 Å². The smallest absolute Gasteiger partial charge is 0.262 e. The molecule has 0 aliphatic heterocycles. The van der Waals surface area contributed by atoms with E-state index in [1.54, 1.807) is 31.2 Å². The second-order valence-corrected chi connectivity index (χ2v) is 6.87. The van der Waals surface area contributed by atoms with Crippen LogP contribution in [0.2, 0.25) is 0 Å². The summed E-state index contributed by atoms with van der Waals surface area (Å²) in [5.74, 6) is 0.227. The van der Waals surface area contributed by atoms with Crippen molar-refractivity contribution in [3.8, 4) is 11.5 Å². The van der Waals surface area contributed by atoms with E-state index in [1.807, 2.05) is 0 Å². The average Bonchev–Trinajstić information content (AvgIpc) is 2.93. The monoisotopic (exact) mass is 347 g/mol. The lowest BCUT2D eigenvalue weighted by molar-refractivity contribution is 0.533. The van der Waals surface area contributed by atoms with Crippen LogP contribution in [0.15, 0.2) is 51.8 Å². The minimum Gasteiger partial charge on any atom is -0.421 e. The van der Waals surface area contributed by atoms with E-state index in [-0.39, 0.29) is 4.90 Å². The molecular formula is C16H14FN3O3S. The SMILES string of the molecule is Cc1nnc(-c2cccc(NS(=O)(=O)c3ccc(F)cc3C)c2)o1. The molecule has 0 aliphatic rings. The molecule has 3 aromatic rings. The third-order valence-corrected chi connectivity index (χ3v) is 4.86. The number of halogens is 1. The van der Waals surface area contributed by atoms with Crippen LogP contribution in [0, 0.1) is 19.7 Å². The highest BCUT2D eigenvalue weighted by Crippen LogP contribution is 2.24. The molecule has 24 heavy (non-hydrogen) atoms. The maximum Gasteiger partial charge on any atom is 0.262 e. The van der Waals surface area contributed by atoms with Crippen LogP contribution in [0.1, 0.15) is 11.5 Å². The van der Waals surface area contributed by atoms with E-state index in [0.717, 1.165) is 6.07 Å². The lowest BCUT2D eigenvalue weighted by atomic mass is 10.2. The Hall–Kier alpha value is -2.74. The molecular weight excluding hydrogens is 333 g/mol. The van der Waals surface area contributed by atoms with Crippen molar-refractivity contribution in [3.63, 3.8) is 0 Å². The van der Waals surface area contributed by atoms with Crippen LogP contribution < -0.4 is 4.72 Å². The summed E-state index contributed by atoms with van der Waals surface area (Å²) in [5.41, 5.74) is 1.25. The average molecular weight is 347 g/mol.